The summed E-state index contributed by atoms with van der Waals surface area (Å²) in [4.78, 5) is 23.8. The molecule has 0 bridgehead atoms. The van der Waals surface area contributed by atoms with Crippen LogP contribution >= 0.6 is 11.6 Å². The zero-order chi connectivity index (χ0) is 24.1. The summed E-state index contributed by atoms with van der Waals surface area (Å²) in [6, 6.07) is 17.3. The smallest absolute Gasteiger partial charge is 0.269 e. The summed E-state index contributed by atoms with van der Waals surface area (Å²) in [6.45, 7) is 0.310. The quantitative estimate of drug-likeness (QED) is 0.393. The Bertz CT molecular complexity index is 1400. The van der Waals surface area contributed by atoms with Gasteiger partial charge in [0.25, 0.3) is 15.7 Å². The second-order valence-electron chi connectivity index (χ2n) is 8.46. The summed E-state index contributed by atoms with van der Waals surface area (Å²) in [5.41, 5.74) is 1.88. The summed E-state index contributed by atoms with van der Waals surface area (Å²) in [5, 5.41) is 14.3. The molecule has 1 amide bonds. The number of rotatable bonds is 6. The van der Waals surface area contributed by atoms with E-state index in [-0.39, 0.29) is 16.5 Å². The van der Waals surface area contributed by atoms with Gasteiger partial charge >= 0.3 is 0 Å². The van der Waals surface area contributed by atoms with Gasteiger partial charge in [-0.3, -0.25) is 19.2 Å². The SMILES string of the molecule is O=C(Nc1ccc2c(c1)N(S(=O)(=O)c1ccc(Cl)cc1)CC2)C1(c2ccc([N+](=O)[O-])cc2)CC1. The third-order valence-corrected chi connectivity index (χ3v) is 8.49. The molecule has 34 heavy (non-hydrogen) atoms. The van der Waals surface area contributed by atoms with E-state index in [0.29, 0.717) is 42.2 Å². The number of carbonyl (C=O) groups is 1. The number of sulfonamides is 1. The van der Waals surface area contributed by atoms with E-state index in [1.54, 1.807) is 24.3 Å². The summed E-state index contributed by atoms with van der Waals surface area (Å²) >= 11 is 5.90. The normalized spacial score (nSPS) is 16.1. The molecule has 1 fully saturated rings. The average molecular weight is 498 g/mol. The summed E-state index contributed by atoms with van der Waals surface area (Å²) in [5.74, 6) is -0.216. The number of non-ortho nitro benzene ring substituents is 1. The molecule has 1 saturated carbocycles. The van der Waals surface area contributed by atoms with Crippen LogP contribution in [-0.2, 0) is 26.7 Å². The number of nitro benzene ring substituents is 1. The highest BCUT2D eigenvalue weighted by molar-refractivity contribution is 7.92. The van der Waals surface area contributed by atoms with Crippen molar-refractivity contribution in [3.8, 4) is 0 Å². The highest BCUT2D eigenvalue weighted by Crippen LogP contribution is 2.49. The van der Waals surface area contributed by atoms with Crippen molar-refractivity contribution >= 4 is 44.6 Å². The van der Waals surface area contributed by atoms with Crippen molar-refractivity contribution in [2.75, 3.05) is 16.2 Å². The van der Waals surface area contributed by atoms with Crippen LogP contribution in [0.15, 0.2) is 71.6 Å². The van der Waals surface area contributed by atoms with Crippen LogP contribution in [0, 0.1) is 10.1 Å². The Hall–Kier alpha value is -3.43. The first-order chi connectivity index (χ1) is 16.2. The first kappa shape index (κ1) is 22.4. The molecule has 0 spiro atoms. The number of nitro groups is 1. The summed E-state index contributed by atoms with van der Waals surface area (Å²) in [7, 11) is -3.78. The van der Waals surface area contributed by atoms with Crippen LogP contribution in [0.5, 0.6) is 0 Å². The van der Waals surface area contributed by atoms with Crippen molar-refractivity contribution in [3.05, 3.63) is 93.0 Å². The number of fused-ring (bicyclic) bond motifs is 1. The number of nitrogens with one attached hydrogen (secondary N) is 1. The van der Waals surface area contributed by atoms with Gasteiger partial charge < -0.3 is 5.32 Å². The van der Waals surface area contributed by atoms with E-state index in [0.717, 1.165) is 11.1 Å². The molecule has 1 aliphatic heterocycles. The van der Waals surface area contributed by atoms with Gasteiger partial charge in [0, 0.05) is 29.4 Å². The Morgan fingerprint density at radius 2 is 1.71 bits per heavy atom. The number of halogens is 1. The van der Waals surface area contributed by atoms with E-state index in [1.165, 1.54) is 40.7 Å². The van der Waals surface area contributed by atoms with Crippen molar-refractivity contribution in [3.63, 3.8) is 0 Å². The van der Waals surface area contributed by atoms with Crippen molar-refractivity contribution in [2.45, 2.75) is 29.6 Å². The molecule has 3 aromatic carbocycles. The van der Waals surface area contributed by atoms with Crippen LogP contribution < -0.4 is 9.62 Å². The van der Waals surface area contributed by atoms with Gasteiger partial charge in [-0.2, -0.15) is 0 Å². The maximum absolute atomic E-state index is 13.2. The van der Waals surface area contributed by atoms with Gasteiger partial charge in [-0.05, 0) is 66.8 Å². The standard InChI is InChI=1S/C24H20ClN3O5S/c25-18-4-9-21(10-5-18)34(32,33)27-14-11-16-1-6-19(15-22(16)27)26-23(29)24(12-13-24)17-2-7-20(8-3-17)28(30)31/h1-10,15H,11-14H2,(H,26,29). The van der Waals surface area contributed by atoms with Crippen LogP contribution in [0.3, 0.4) is 0 Å². The lowest BCUT2D eigenvalue weighted by atomic mass is 9.94. The van der Waals surface area contributed by atoms with Gasteiger partial charge in [-0.1, -0.05) is 29.8 Å². The number of amides is 1. The number of hydrogen-bond acceptors (Lipinski definition) is 5. The second kappa shape index (κ2) is 8.11. The summed E-state index contributed by atoms with van der Waals surface area (Å²) < 4.78 is 27.8. The van der Waals surface area contributed by atoms with Crippen molar-refractivity contribution in [2.24, 2.45) is 0 Å². The fraction of sp³-hybridized carbons (Fsp3) is 0.208. The van der Waals surface area contributed by atoms with Crippen molar-refractivity contribution < 1.29 is 18.1 Å². The largest absolute Gasteiger partial charge is 0.325 e. The monoisotopic (exact) mass is 497 g/mol. The zero-order valence-corrected chi connectivity index (χ0v) is 19.5. The lowest BCUT2D eigenvalue weighted by Gasteiger charge is -2.21. The molecule has 174 valence electrons. The van der Waals surface area contributed by atoms with Gasteiger partial charge in [0.15, 0.2) is 0 Å². The first-order valence-corrected chi connectivity index (χ1v) is 12.5. The number of nitrogens with zero attached hydrogens (tertiary/aromatic N) is 2. The topological polar surface area (TPSA) is 110 Å². The van der Waals surface area contributed by atoms with Gasteiger partial charge in [0.05, 0.1) is 20.9 Å². The Kier molecular flexibility index (Phi) is 5.33. The third-order valence-electron chi connectivity index (χ3n) is 6.41. The van der Waals surface area contributed by atoms with Crippen LogP contribution in [0.4, 0.5) is 17.1 Å². The Morgan fingerprint density at radius 1 is 1.03 bits per heavy atom. The maximum atomic E-state index is 13.2. The average Bonchev–Trinajstić information content (AvgIpc) is 3.52. The van der Waals surface area contributed by atoms with Gasteiger partial charge in [0.1, 0.15) is 0 Å². The lowest BCUT2D eigenvalue weighted by molar-refractivity contribution is -0.384. The fourth-order valence-electron chi connectivity index (χ4n) is 4.34. The van der Waals surface area contributed by atoms with E-state index in [9.17, 15) is 23.3 Å². The molecule has 0 aromatic heterocycles. The van der Waals surface area contributed by atoms with E-state index in [2.05, 4.69) is 5.32 Å². The lowest BCUT2D eigenvalue weighted by Crippen LogP contribution is -2.29. The Labute approximate surface area is 201 Å². The molecular weight excluding hydrogens is 478 g/mol. The van der Waals surface area contributed by atoms with Crippen LogP contribution in [0.1, 0.15) is 24.0 Å². The molecule has 0 unspecified atom stereocenters. The minimum Gasteiger partial charge on any atom is -0.325 e. The molecule has 0 radical (unpaired) electrons. The molecular formula is C24H20ClN3O5S. The van der Waals surface area contributed by atoms with Crippen molar-refractivity contribution in [1.29, 1.82) is 0 Å². The molecule has 5 rings (SSSR count). The predicted molar refractivity (Wildman–Crippen MR) is 129 cm³/mol. The molecule has 0 saturated heterocycles. The molecule has 3 aromatic rings. The minimum absolute atomic E-state index is 0.0273. The predicted octanol–water partition coefficient (Wildman–Crippen LogP) is 4.67. The zero-order valence-electron chi connectivity index (χ0n) is 17.9. The van der Waals surface area contributed by atoms with Crippen LogP contribution in [-0.4, -0.2) is 25.8 Å². The number of hydrogen-bond donors (Lipinski definition) is 1. The third kappa shape index (κ3) is 3.80. The van der Waals surface area contributed by atoms with E-state index in [4.69, 9.17) is 11.6 Å². The number of anilines is 2. The van der Waals surface area contributed by atoms with Crippen LogP contribution in [0.25, 0.3) is 0 Å². The highest BCUT2D eigenvalue weighted by atomic mass is 35.5. The molecule has 8 nitrogen and oxygen atoms in total. The second-order valence-corrected chi connectivity index (χ2v) is 10.8. The number of benzene rings is 3. The molecule has 1 heterocycles. The van der Waals surface area contributed by atoms with Crippen molar-refractivity contribution in [1.82, 2.24) is 0 Å². The Morgan fingerprint density at radius 3 is 2.32 bits per heavy atom. The van der Waals surface area contributed by atoms with Gasteiger partial charge in [0.2, 0.25) is 5.91 Å². The van der Waals surface area contributed by atoms with E-state index in [1.807, 2.05) is 6.07 Å². The summed E-state index contributed by atoms with van der Waals surface area (Å²) in [6.07, 6.45) is 1.85. The van der Waals surface area contributed by atoms with E-state index < -0.39 is 20.4 Å². The maximum Gasteiger partial charge on any atom is 0.269 e. The van der Waals surface area contributed by atoms with Gasteiger partial charge in [-0.25, -0.2) is 8.42 Å². The Balaban J connectivity index is 1.39. The van der Waals surface area contributed by atoms with Gasteiger partial charge in [-0.15, -0.1) is 0 Å². The molecule has 2 aliphatic rings. The molecule has 1 N–H and O–H groups in total. The first-order valence-electron chi connectivity index (χ1n) is 10.7. The highest BCUT2D eigenvalue weighted by Gasteiger charge is 2.51. The molecule has 10 heteroatoms. The molecule has 1 aliphatic carbocycles. The minimum atomic E-state index is -3.78. The fourth-order valence-corrected chi connectivity index (χ4v) is 5.96. The molecule has 0 atom stereocenters. The number of carbonyl (C=O) groups excluding carboxylic acids is 1. The van der Waals surface area contributed by atoms with E-state index >= 15 is 0 Å². The van der Waals surface area contributed by atoms with Crippen LogP contribution in [0.2, 0.25) is 5.02 Å².